The monoisotopic (exact) mass is 232 g/mol. The van der Waals surface area contributed by atoms with Gasteiger partial charge in [-0.15, -0.1) is 11.6 Å². The summed E-state index contributed by atoms with van der Waals surface area (Å²) in [6.45, 7) is 4.13. The highest BCUT2D eigenvalue weighted by molar-refractivity contribution is 6.20. The van der Waals surface area contributed by atoms with Crippen molar-refractivity contribution in [2.24, 2.45) is 5.92 Å². The molecule has 1 atom stereocenters. The van der Waals surface area contributed by atoms with Crippen molar-refractivity contribution in [2.75, 3.05) is 0 Å². The molecule has 0 saturated heterocycles. The van der Waals surface area contributed by atoms with Crippen molar-refractivity contribution in [2.45, 2.75) is 32.1 Å². The van der Waals surface area contributed by atoms with E-state index in [-0.39, 0.29) is 5.38 Å². The maximum Gasteiger partial charge on any atom is 0.129 e. The lowest BCUT2D eigenvalue weighted by Gasteiger charge is -2.12. The summed E-state index contributed by atoms with van der Waals surface area (Å²) in [6.07, 6.45) is 1.28. The molecule has 0 N–H and O–H groups in total. The molecule has 0 heterocycles. The SMILES string of the molecule is CC(C)CC(Cl)Cc1ccc(F)cc1F. The minimum atomic E-state index is -0.550. The second-order valence-corrected chi connectivity index (χ2v) is 4.78. The van der Waals surface area contributed by atoms with Gasteiger partial charge in [-0.05, 0) is 30.4 Å². The second-order valence-electron chi connectivity index (χ2n) is 4.17. The normalized spacial score (nSPS) is 13.2. The van der Waals surface area contributed by atoms with Crippen molar-refractivity contribution in [1.82, 2.24) is 0 Å². The Morgan fingerprint density at radius 1 is 1.27 bits per heavy atom. The van der Waals surface area contributed by atoms with E-state index < -0.39 is 11.6 Å². The zero-order valence-corrected chi connectivity index (χ0v) is 9.69. The Labute approximate surface area is 94.3 Å². The summed E-state index contributed by atoms with van der Waals surface area (Å²) in [5.41, 5.74) is 0.483. The molecule has 1 unspecified atom stereocenters. The topological polar surface area (TPSA) is 0 Å². The molecule has 0 amide bonds. The van der Waals surface area contributed by atoms with E-state index in [0.717, 1.165) is 12.5 Å². The zero-order chi connectivity index (χ0) is 11.4. The van der Waals surface area contributed by atoms with Crippen LogP contribution in [0.5, 0.6) is 0 Å². The van der Waals surface area contributed by atoms with E-state index in [1.54, 1.807) is 0 Å². The van der Waals surface area contributed by atoms with Gasteiger partial charge in [-0.3, -0.25) is 0 Å². The quantitative estimate of drug-likeness (QED) is 0.684. The molecule has 0 nitrogen and oxygen atoms in total. The molecular weight excluding hydrogens is 218 g/mol. The molecule has 1 aromatic rings. The Hall–Kier alpha value is -0.630. The molecule has 84 valence electrons. The molecule has 15 heavy (non-hydrogen) atoms. The molecule has 0 aliphatic rings. The number of rotatable bonds is 4. The van der Waals surface area contributed by atoms with Crippen molar-refractivity contribution < 1.29 is 8.78 Å². The van der Waals surface area contributed by atoms with Crippen LogP contribution in [0.4, 0.5) is 8.78 Å². The molecule has 0 radical (unpaired) electrons. The second kappa shape index (κ2) is 5.45. The maximum atomic E-state index is 13.2. The van der Waals surface area contributed by atoms with Crippen LogP contribution in [0.25, 0.3) is 0 Å². The first kappa shape index (κ1) is 12.4. The van der Waals surface area contributed by atoms with Crippen molar-refractivity contribution in [3.05, 3.63) is 35.4 Å². The van der Waals surface area contributed by atoms with E-state index in [9.17, 15) is 8.78 Å². The highest BCUT2D eigenvalue weighted by Gasteiger charge is 2.11. The lowest BCUT2D eigenvalue weighted by atomic mass is 10.0. The van der Waals surface area contributed by atoms with Gasteiger partial charge in [-0.25, -0.2) is 8.78 Å². The molecule has 0 spiro atoms. The first-order valence-corrected chi connectivity index (χ1v) is 5.50. The first-order valence-electron chi connectivity index (χ1n) is 5.07. The minimum Gasteiger partial charge on any atom is -0.207 e. The molecule has 0 aromatic heterocycles. The Bertz CT molecular complexity index is 323. The third-order valence-corrected chi connectivity index (χ3v) is 2.52. The van der Waals surface area contributed by atoms with Gasteiger partial charge in [0.05, 0.1) is 0 Å². The van der Waals surface area contributed by atoms with E-state index in [2.05, 4.69) is 13.8 Å². The summed E-state index contributed by atoms with van der Waals surface area (Å²) in [4.78, 5) is 0. The predicted molar refractivity (Wildman–Crippen MR) is 59.2 cm³/mol. The summed E-state index contributed by atoms with van der Waals surface area (Å²) in [6, 6.07) is 3.62. The number of alkyl halides is 1. The van der Waals surface area contributed by atoms with Crippen LogP contribution in [0.1, 0.15) is 25.8 Å². The van der Waals surface area contributed by atoms with Crippen LogP contribution in [-0.4, -0.2) is 5.38 Å². The highest BCUT2D eigenvalue weighted by atomic mass is 35.5. The van der Waals surface area contributed by atoms with Gasteiger partial charge in [0.2, 0.25) is 0 Å². The first-order chi connectivity index (χ1) is 6.99. The summed E-state index contributed by atoms with van der Waals surface area (Å²) in [5, 5.41) is -0.0926. The predicted octanol–water partition coefficient (Wildman–Crippen LogP) is 4.16. The van der Waals surface area contributed by atoms with Gasteiger partial charge in [-0.2, -0.15) is 0 Å². The van der Waals surface area contributed by atoms with Crippen molar-refractivity contribution in [3.8, 4) is 0 Å². The molecule has 0 aliphatic heterocycles. The molecular formula is C12H15ClF2. The van der Waals surface area contributed by atoms with E-state index >= 15 is 0 Å². The Morgan fingerprint density at radius 3 is 2.47 bits per heavy atom. The van der Waals surface area contributed by atoms with Crippen LogP contribution >= 0.6 is 11.6 Å². The smallest absolute Gasteiger partial charge is 0.129 e. The summed E-state index contributed by atoms with van der Waals surface area (Å²) in [7, 11) is 0. The summed E-state index contributed by atoms with van der Waals surface area (Å²) in [5.74, 6) is -0.577. The van der Waals surface area contributed by atoms with Gasteiger partial charge in [0, 0.05) is 11.4 Å². The fraction of sp³-hybridized carbons (Fsp3) is 0.500. The third kappa shape index (κ3) is 4.17. The van der Waals surface area contributed by atoms with Crippen molar-refractivity contribution in [3.63, 3.8) is 0 Å². The molecule has 0 bridgehead atoms. The Morgan fingerprint density at radius 2 is 1.93 bits per heavy atom. The molecule has 3 heteroatoms. The van der Waals surface area contributed by atoms with Gasteiger partial charge in [0.1, 0.15) is 11.6 Å². The number of hydrogen-bond donors (Lipinski definition) is 0. The largest absolute Gasteiger partial charge is 0.207 e. The minimum absolute atomic E-state index is 0.0926. The average Bonchev–Trinajstić information content (AvgIpc) is 2.08. The number of hydrogen-bond acceptors (Lipinski definition) is 0. The molecule has 0 fully saturated rings. The van der Waals surface area contributed by atoms with Crippen molar-refractivity contribution >= 4 is 11.6 Å². The van der Waals surface area contributed by atoms with Gasteiger partial charge in [0.25, 0.3) is 0 Å². The Kier molecular flexibility index (Phi) is 4.52. The fourth-order valence-corrected chi connectivity index (χ4v) is 2.04. The van der Waals surface area contributed by atoms with Crippen LogP contribution in [0.15, 0.2) is 18.2 Å². The standard InChI is InChI=1S/C12H15ClF2/c1-8(2)5-10(13)6-9-3-4-11(14)7-12(9)15/h3-4,7-8,10H,5-6H2,1-2H3. The van der Waals surface area contributed by atoms with Crippen LogP contribution in [0.2, 0.25) is 0 Å². The Balaban J connectivity index is 2.64. The molecule has 1 aromatic carbocycles. The summed E-state index contributed by atoms with van der Waals surface area (Å²) >= 11 is 6.06. The van der Waals surface area contributed by atoms with Gasteiger partial charge < -0.3 is 0 Å². The zero-order valence-electron chi connectivity index (χ0n) is 8.93. The van der Waals surface area contributed by atoms with Gasteiger partial charge in [0.15, 0.2) is 0 Å². The van der Waals surface area contributed by atoms with Crippen LogP contribution in [0.3, 0.4) is 0 Å². The van der Waals surface area contributed by atoms with E-state index in [1.165, 1.54) is 12.1 Å². The van der Waals surface area contributed by atoms with Crippen molar-refractivity contribution in [1.29, 1.82) is 0 Å². The molecule has 1 rings (SSSR count). The van der Waals surface area contributed by atoms with Crippen LogP contribution in [0, 0.1) is 17.6 Å². The van der Waals surface area contributed by atoms with E-state index in [0.29, 0.717) is 17.9 Å². The van der Waals surface area contributed by atoms with Crippen LogP contribution < -0.4 is 0 Å². The lowest BCUT2D eigenvalue weighted by molar-refractivity contribution is 0.540. The van der Waals surface area contributed by atoms with Crippen LogP contribution in [-0.2, 0) is 6.42 Å². The van der Waals surface area contributed by atoms with Gasteiger partial charge in [-0.1, -0.05) is 19.9 Å². The van der Waals surface area contributed by atoms with E-state index in [4.69, 9.17) is 11.6 Å². The fourth-order valence-electron chi connectivity index (χ4n) is 1.52. The summed E-state index contributed by atoms with van der Waals surface area (Å²) < 4.78 is 25.9. The third-order valence-electron chi connectivity index (χ3n) is 2.18. The maximum absolute atomic E-state index is 13.2. The highest BCUT2D eigenvalue weighted by Crippen LogP contribution is 2.18. The molecule has 0 saturated carbocycles. The van der Waals surface area contributed by atoms with Gasteiger partial charge >= 0.3 is 0 Å². The average molecular weight is 233 g/mol. The molecule has 0 aliphatic carbocycles. The van der Waals surface area contributed by atoms with E-state index in [1.807, 2.05) is 0 Å². The number of halogens is 3. The number of benzene rings is 1. The lowest BCUT2D eigenvalue weighted by Crippen LogP contribution is -2.08.